The molecule has 0 fully saturated rings. The van der Waals surface area contributed by atoms with Crippen LogP contribution < -0.4 is 5.32 Å². The number of benzene rings is 1. The van der Waals surface area contributed by atoms with Crippen LogP contribution in [0.25, 0.3) is 0 Å². The van der Waals surface area contributed by atoms with E-state index in [9.17, 15) is 0 Å². The fourth-order valence-electron chi connectivity index (χ4n) is 2.75. The van der Waals surface area contributed by atoms with E-state index in [0.29, 0.717) is 18.4 Å². The Balaban J connectivity index is 1.67. The standard InChI is InChI=1S/C17H23N3O/c1-17(2,3)18-11-15-19-20-16(21-15)14-9-8-12-6-4-5-7-13(12)10-14/h4-7,14,18H,8-11H2,1-3H3. The molecule has 4 heteroatoms. The molecule has 3 rings (SSSR count). The number of hydrogen-bond acceptors (Lipinski definition) is 4. The highest BCUT2D eigenvalue weighted by atomic mass is 16.4. The highest BCUT2D eigenvalue weighted by molar-refractivity contribution is 5.31. The summed E-state index contributed by atoms with van der Waals surface area (Å²) in [7, 11) is 0. The van der Waals surface area contributed by atoms with Crippen LogP contribution in [0.15, 0.2) is 28.7 Å². The highest BCUT2D eigenvalue weighted by Crippen LogP contribution is 2.31. The Bertz CT molecular complexity index is 612. The first-order valence-electron chi connectivity index (χ1n) is 7.65. The van der Waals surface area contributed by atoms with E-state index in [1.165, 1.54) is 11.1 Å². The molecule has 1 atom stereocenters. The van der Waals surface area contributed by atoms with Gasteiger partial charge < -0.3 is 9.73 Å². The Morgan fingerprint density at radius 3 is 2.71 bits per heavy atom. The molecule has 1 aliphatic rings. The van der Waals surface area contributed by atoms with Gasteiger partial charge in [0, 0.05) is 11.5 Å². The third-order valence-corrected chi connectivity index (χ3v) is 3.95. The van der Waals surface area contributed by atoms with Crippen molar-refractivity contribution in [3.05, 3.63) is 47.2 Å². The normalized spacial score (nSPS) is 18.5. The number of aryl methyl sites for hydroxylation is 1. The van der Waals surface area contributed by atoms with Gasteiger partial charge in [-0.1, -0.05) is 24.3 Å². The van der Waals surface area contributed by atoms with E-state index in [-0.39, 0.29) is 5.54 Å². The van der Waals surface area contributed by atoms with Gasteiger partial charge in [-0.15, -0.1) is 10.2 Å². The lowest BCUT2D eigenvalue weighted by atomic mass is 9.84. The molecular weight excluding hydrogens is 262 g/mol. The topological polar surface area (TPSA) is 51.0 Å². The zero-order valence-electron chi connectivity index (χ0n) is 13.0. The lowest BCUT2D eigenvalue weighted by Gasteiger charge is -2.21. The van der Waals surface area contributed by atoms with Crippen molar-refractivity contribution in [2.45, 2.75) is 58.0 Å². The van der Waals surface area contributed by atoms with Gasteiger partial charge in [-0.05, 0) is 51.2 Å². The fourth-order valence-corrected chi connectivity index (χ4v) is 2.75. The molecular formula is C17H23N3O. The minimum Gasteiger partial charge on any atom is -0.424 e. The van der Waals surface area contributed by atoms with Crippen molar-refractivity contribution < 1.29 is 4.42 Å². The van der Waals surface area contributed by atoms with Crippen molar-refractivity contribution in [3.63, 3.8) is 0 Å². The predicted octanol–water partition coefficient (Wildman–Crippen LogP) is 3.23. The van der Waals surface area contributed by atoms with Crippen LogP contribution >= 0.6 is 0 Å². The van der Waals surface area contributed by atoms with Crippen LogP contribution in [0.3, 0.4) is 0 Å². The molecule has 0 radical (unpaired) electrons. The second kappa shape index (κ2) is 5.60. The Morgan fingerprint density at radius 1 is 1.19 bits per heavy atom. The summed E-state index contributed by atoms with van der Waals surface area (Å²) in [5.74, 6) is 1.82. The monoisotopic (exact) mass is 285 g/mol. The summed E-state index contributed by atoms with van der Waals surface area (Å²) in [6.45, 7) is 7.01. The maximum atomic E-state index is 5.85. The molecule has 4 nitrogen and oxygen atoms in total. The van der Waals surface area contributed by atoms with Gasteiger partial charge in [-0.2, -0.15) is 0 Å². The number of aromatic nitrogens is 2. The number of rotatable bonds is 3. The van der Waals surface area contributed by atoms with Gasteiger partial charge in [0.2, 0.25) is 11.8 Å². The van der Waals surface area contributed by atoms with Crippen molar-refractivity contribution in [1.29, 1.82) is 0 Å². The quantitative estimate of drug-likeness (QED) is 0.940. The SMILES string of the molecule is CC(C)(C)NCc1nnc(C2CCc3ccccc3C2)o1. The molecule has 1 aromatic heterocycles. The molecule has 0 bridgehead atoms. The van der Waals surface area contributed by atoms with Crippen molar-refractivity contribution in [1.82, 2.24) is 15.5 Å². The zero-order valence-corrected chi connectivity index (χ0v) is 13.0. The lowest BCUT2D eigenvalue weighted by Crippen LogP contribution is -2.35. The molecule has 1 aliphatic carbocycles. The molecule has 112 valence electrons. The van der Waals surface area contributed by atoms with E-state index in [1.807, 2.05) is 0 Å². The Hall–Kier alpha value is -1.68. The first-order chi connectivity index (χ1) is 10.0. The van der Waals surface area contributed by atoms with E-state index in [0.717, 1.165) is 25.2 Å². The lowest BCUT2D eigenvalue weighted by molar-refractivity contribution is 0.354. The summed E-state index contributed by atoms with van der Waals surface area (Å²) in [5.41, 5.74) is 2.93. The van der Waals surface area contributed by atoms with E-state index in [4.69, 9.17) is 4.42 Å². The summed E-state index contributed by atoms with van der Waals surface area (Å²) in [6, 6.07) is 8.65. The van der Waals surface area contributed by atoms with Crippen LogP contribution in [0.4, 0.5) is 0 Å². The Kier molecular flexibility index (Phi) is 3.81. The van der Waals surface area contributed by atoms with Gasteiger partial charge in [0.1, 0.15) is 0 Å². The van der Waals surface area contributed by atoms with E-state index >= 15 is 0 Å². The van der Waals surface area contributed by atoms with Crippen molar-refractivity contribution in [2.24, 2.45) is 0 Å². The van der Waals surface area contributed by atoms with Crippen molar-refractivity contribution >= 4 is 0 Å². The average Bonchev–Trinajstić information content (AvgIpc) is 2.93. The summed E-state index contributed by atoms with van der Waals surface area (Å²) in [6.07, 6.45) is 3.19. The molecule has 21 heavy (non-hydrogen) atoms. The van der Waals surface area contributed by atoms with Crippen LogP contribution in [0.5, 0.6) is 0 Å². The minimum atomic E-state index is 0.0540. The second-order valence-electron chi connectivity index (χ2n) is 6.85. The summed E-state index contributed by atoms with van der Waals surface area (Å²) in [4.78, 5) is 0. The van der Waals surface area contributed by atoms with E-state index < -0.39 is 0 Å². The Labute approximate surface area is 126 Å². The Morgan fingerprint density at radius 2 is 1.95 bits per heavy atom. The summed E-state index contributed by atoms with van der Waals surface area (Å²) in [5, 5.41) is 11.8. The molecule has 1 N–H and O–H groups in total. The van der Waals surface area contributed by atoms with Gasteiger partial charge in [-0.25, -0.2) is 0 Å². The van der Waals surface area contributed by atoms with Gasteiger partial charge in [0.15, 0.2) is 0 Å². The van der Waals surface area contributed by atoms with Gasteiger partial charge >= 0.3 is 0 Å². The van der Waals surface area contributed by atoms with Crippen molar-refractivity contribution in [2.75, 3.05) is 0 Å². The predicted molar refractivity (Wildman–Crippen MR) is 82.1 cm³/mol. The van der Waals surface area contributed by atoms with Gasteiger partial charge in [-0.3, -0.25) is 0 Å². The third-order valence-electron chi connectivity index (χ3n) is 3.95. The van der Waals surface area contributed by atoms with Gasteiger partial charge in [0.25, 0.3) is 0 Å². The number of fused-ring (bicyclic) bond motifs is 1. The van der Waals surface area contributed by atoms with E-state index in [2.05, 4.69) is 60.6 Å². The van der Waals surface area contributed by atoms with Gasteiger partial charge in [0.05, 0.1) is 6.54 Å². The average molecular weight is 285 g/mol. The number of nitrogens with zero attached hydrogens (tertiary/aromatic N) is 2. The smallest absolute Gasteiger partial charge is 0.230 e. The molecule has 0 saturated heterocycles. The van der Waals surface area contributed by atoms with Crippen LogP contribution in [0.2, 0.25) is 0 Å². The number of nitrogens with one attached hydrogen (secondary N) is 1. The highest BCUT2D eigenvalue weighted by Gasteiger charge is 2.24. The molecule has 0 aliphatic heterocycles. The molecule has 0 saturated carbocycles. The largest absolute Gasteiger partial charge is 0.424 e. The fraction of sp³-hybridized carbons (Fsp3) is 0.529. The first kappa shape index (κ1) is 14.3. The molecule has 1 unspecified atom stereocenters. The summed E-state index contributed by atoms with van der Waals surface area (Å²) < 4.78 is 5.85. The first-order valence-corrected chi connectivity index (χ1v) is 7.65. The molecule has 0 amide bonds. The molecule has 2 aromatic rings. The second-order valence-corrected chi connectivity index (χ2v) is 6.85. The molecule has 1 aromatic carbocycles. The number of hydrogen-bond donors (Lipinski definition) is 1. The maximum Gasteiger partial charge on any atom is 0.230 e. The van der Waals surface area contributed by atoms with Crippen LogP contribution in [-0.2, 0) is 19.4 Å². The van der Waals surface area contributed by atoms with Crippen molar-refractivity contribution in [3.8, 4) is 0 Å². The zero-order chi connectivity index (χ0) is 14.9. The van der Waals surface area contributed by atoms with E-state index in [1.54, 1.807) is 0 Å². The van der Waals surface area contributed by atoms with Crippen LogP contribution in [0, 0.1) is 0 Å². The third kappa shape index (κ3) is 3.50. The van der Waals surface area contributed by atoms with Crippen LogP contribution in [0.1, 0.15) is 56.0 Å². The maximum absolute atomic E-state index is 5.85. The van der Waals surface area contributed by atoms with Crippen LogP contribution in [-0.4, -0.2) is 15.7 Å². The summed E-state index contributed by atoms with van der Waals surface area (Å²) >= 11 is 0. The molecule has 0 spiro atoms. The molecule has 1 heterocycles. The minimum absolute atomic E-state index is 0.0540.